The van der Waals surface area contributed by atoms with Crippen molar-refractivity contribution < 1.29 is 9.53 Å². The summed E-state index contributed by atoms with van der Waals surface area (Å²) in [6, 6.07) is 19.4. The van der Waals surface area contributed by atoms with E-state index in [9.17, 15) is 4.79 Å². The third kappa shape index (κ3) is 6.82. The first kappa shape index (κ1) is 28.9. The van der Waals surface area contributed by atoms with E-state index in [-0.39, 0.29) is 48.6 Å². The number of hydrogen-bond acceptors (Lipinski definition) is 7. The molecule has 5 rings (SSSR count). The predicted octanol–water partition coefficient (Wildman–Crippen LogP) is 6.27. The zero-order valence-corrected chi connectivity index (χ0v) is 22.9. The Morgan fingerprint density at radius 2 is 1.66 bits per heavy atom. The topological polar surface area (TPSA) is 101 Å². The second kappa shape index (κ2) is 13.3. The van der Waals surface area contributed by atoms with Gasteiger partial charge in [-0.15, -0.1) is 24.8 Å². The molecule has 2 atom stereocenters. The van der Waals surface area contributed by atoms with E-state index in [1.54, 1.807) is 37.6 Å². The van der Waals surface area contributed by atoms with Gasteiger partial charge in [-0.05, 0) is 68.3 Å². The van der Waals surface area contributed by atoms with E-state index in [0.29, 0.717) is 11.5 Å². The van der Waals surface area contributed by atoms with Crippen LogP contribution >= 0.6 is 24.8 Å². The fourth-order valence-corrected chi connectivity index (χ4v) is 4.61. The number of carbonyl (C=O) groups is 1. The summed E-state index contributed by atoms with van der Waals surface area (Å²) in [6.07, 6.45) is 6.10. The van der Waals surface area contributed by atoms with E-state index in [0.717, 1.165) is 53.7 Å². The van der Waals surface area contributed by atoms with Crippen molar-refractivity contribution >= 4 is 58.9 Å². The lowest BCUT2D eigenvalue weighted by Gasteiger charge is -2.33. The SMILES string of the molecule is COc1ccc(NC(=O)c2nc(N[C@H]3CCCC[C@H]3Nc3ccccn3)c3cc(C)ccc3n2)cc1.Cl.Cl. The molecule has 0 bridgehead atoms. The number of pyridine rings is 1. The summed E-state index contributed by atoms with van der Waals surface area (Å²) >= 11 is 0. The van der Waals surface area contributed by atoms with Crippen LogP contribution in [0.2, 0.25) is 0 Å². The first-order valence-corrected chi connectivity index (χ1v) is 12.3. The van der Waals surface area contributed by atoms with Gasteiger partial charge >= 0.3 is 0 Å². The highest BCUT2D eigenvalue weighted by Gasteiger charge is 2.27. The van der Waals surface area contributed by atoms with Crippen molar-refractivity contribution in [2.75, 3.05) is 23.1 Å². The maximum atomic E-state index is 13.1. The predicted molar refractivity (Wildman–Crippen MR) is 157 cm³/mol. The first-order chi connectivity index (χ1) is 17.6. The zero-order valence-electron chi connectivity index (χ0n) is 21.3. The quantitative estimate of drug-likeness (QED) is 0.247. The van der Waals surface area contributed by atoms with Gasteiger partial charge in [0, 0.05) is 29.4 Å². The van der Waals surface area contributed by atoms with Gasteiger partial charge in [-0.1, -0.05) is 30.5 Å². The minimum Gasteiger partial charge on any atom is -0.497 e. The summed E-state index contributed by atoms with van der Waals surface area (Å²) in [6.45, 7) is 2.04. The molecule has 0 spiro atoms. The number of ether oxygens (including phenoxy) is 1. The molecule has 2 heterocycles. The molecule has 1 saturated carbocycles. The van der Waals surface area contributed by atoms with Crippen LogP contribution in [0.4, 0.5) is 17.3 Å². The van der Waals surface area contributed by atoms with Gasteiger partial charge in [0.2, 0.25) is 5.82 Å². The Labute approximate surface area is 234 Å². The number of anilines is 3. The average molecular weight is 556 g/mol. The van der Waals surface area contributed by atoms with Crippen LogP contribution in [0.3, 0.4) is 0 Å². The normalized spacial score (nSPS) is 16.5. The van der Waals surface area contributed by atoms with Crippen molar-refractivity contribution in [3.63, 3.8) is 0 Å². The second-order valence-corrected chi connectivity index (χ2v) is 9.10. The summed E-state index contributed by atoms with van der Waals surface area (Å²) in [5.41, 5.74) is 2.48. The zero-order chi connectivity index (χ0) is 24.9. The monoisotopic (exact) mass is 554 g/mol. The number of benzene rings is 2. The van der Waals surface area contributed by atoms with Crippen molar-refractivity contribution in [3.8, 4) is 5.75 Å². The maximum absolute atomic E-state index is 13.1. The van der Waals surface area contributed by atoms with Crippen molar-refractivity contribution in [2.24, 2.45) is 0 Å². The van der Waals surface area contributed by atoms with Crippen molar-refractivity contribution in [2.45, 2.75) is 44.7 Å². The molecule has 2 aromatic carbocycles. The fraction of sp³-hybridized carbons (Fsp3) is 0.286. The first-order valence-electron chi connectivity index (χ1n) is 12.3. The number of halogens is 2. The lowest BCUT2D eigenvalue weighted by Crippen LogP contribution is -2.42. The Morgan fingerprint density at radius 1 is 0.921 bits per heavy atom. The molecule has 0 radical (unpaired) electrons. The molecule has 38 heavy (non-hydrogen) atoms. The van der Waals surface area contributed by atoms with E-state index in [2.05, 4.69) is 32.0 Å². The number of nitrogens with zero attached hydrogens (tertiary/aromatic N) is 3. The number of nitrogens with one attached hydrogen (secondary N) is 3. The van der Waals surface area contributed by atoms with Crippen molar-refractivity contribution in [1.29, 1.82) is 0 Å². The highest BCUT2D eigenvalue weighted by molar-refractivity contribution is 6.04. The van der Waals surface area contributed by atoms with Gasteiger partial charge in [0.25, 0.3) is 5.91 Å². The molecular formula is C28H32Cl2N6O2. The van der Waals surface area contributed by atoms with Crippen LogP contribution in [-0.4, -0.2) is 40.1 Å². The molecule has 2 aromatic heterocycles. The molecule has 200 valence electrons. The molecule has 1 aliphatic rings. The summed E-state index contributed by atoms with van der Waals surface area (Å²) in [7, 11) is 1.61. The van der Waals surface area contributed by atoms with Crippen molar-refractivity contribution in [3.05, 3.63) is 78.2 Å². The summed E-state index contributed by atoms with van der Waals surface area (Å²) in [5.74, 6) is 2.01. The summed E-state index contributed by atoms with van der Waals surface area (Å²) < 4.78 is 5.20. The third-order valence-electron chi connectivity index (χ3n) is 6.49. The van der Waals surface area contributed by atoms with Crippen LogP contribution < -0.4 is 20.7 Å². The number of rotatable bonds is 7. The van der Waals surface area contributed by atoms with E-state index < -0.39 is 0 Å². The second-order valence-electron chi connectivity index (χ2n) is 9.10. The number of aromatic nitrogens is 3. The minimum absolute atomic E-state index is 0. The molecule has 0 saturated heterocycles. The number of hydrogen-bond donors (Lipinski definition) is 3. The Kier molecular flexibility index (Phi) is 10.1. The molecule has 8 nitrogen and oxygen atoms in total. The van der Waals surface area contributed by atoms with Crippen LogP contribution in [0.25, 0.3) is 10.9 Å². The standard InChI is InChI=1S/C28H30N6O2.2ClH/c1-18-10-15-22-21(17-18)26(33-24-8-4-3-7-23(24)31-25-9-5-6-16-29-25)34-27(32-22)28(35)30-19-11-13-20(36-2)14-12-19;;/h5-6,9-17,23-24H,3-4,7-8H2,1-2H3,(H,29,31)(H,30,35)(H,32,33,34);2*1H/t23-,24+;;/m1../s1. The van der Waals surface area contributed by atoms with E-state index >= 15 is 0 Å². The van der Waals surface area contributed by atoms with Crippen LogP contribution in [0.15, 0.2) is 66.9 Å². The molecule has 1 amide bonds. The molecule has 0 aliphatic heterocycles. The fourth-order valence-electron chi connectivity index (χ4n) is 4.61. The Hall–Kier alpha value is -3.62. The number of carbonyl (C=O) groups excluding carboxylic acids is 1. The molecular weight excluding hydrogens is 523 g/mol. The van der Waals surface area contributed by atoms with Crippen molar-refractivity contribution in [1.82, 2.24) is 15.0 Å². The number of fused-ring (bicyclic) bond motifs is 1. The Morgan fingerprint density at radius 3 is 2.34 bits per heavy atom. The van der Waals surface area contributed by atoms with Crippen LogP contribution in [0, 0.1) is 6.92 Å². The van der Waals surface area contributed by atoms with Gasteiger partial charge in [-0.25, -0.2) is 15.0 Å². The van der Waals surface area contributed by atoms with E-state index in [4.69, 9.17) is 9.72 Å². The van der Waals surface area contributed by atoms with Gasteiger partial charge in [-0.2, -0.15) is 0 Å². The van der Waals surface area contributed by atoms with Crippen LogP contribution in [0.1, 0.15) is 41.9 Å². The third-order valence-corrected chi connectivity index (χ3v) is 6.49. The smallest absolute Gasteiger partial charge is 0.293 e. The molecule has 1 aliphatic carbocycles. The largest absolute Gasteiger partial charge is 0.497 e. The molecule has 4 aromatic rings. The minimum atomic E-state index is -0.363. The van der Waals surface area contributed by atoms with E-state index in [1.165, 1.54) is 0 Å². The molecule has 0 unspecified atom stereocenters. The summed E-state index contributed by atoms with van der Waals surface area (Å²) in [5, 5.41) is 11.0. The molecule has 1 fully saturated rings. The molecule has 10 heteroatoms. The number of methoxy groups -OCH3 is 1. The van der Waals surface area contributed by atoms with Gasteiger partial charge in [0.05, 0.1) is 12.6 Å². The maximum Gasteiger partial charge on any atom is 0.293 e. The highest BCUT2D eigenvalue weighted by Crippen LogP contribution is 2.28. The lowest BCUT2D eigenvalue weighted by atomic mass is 9.90. The molecule has 3 N–H and O–H groups in total. The van der Waals surface area contributed by atoms with Crippen LogP contribution in [-0.2, 0) is 0 Å². The Balaban J connectivity index is 0.00000200. The highest BCUT2D eigenvalue weighted by atomic mass is 35.5. The average Bonchev–Trinajstić information content (AvgIpc) is 2.91. The summed E-state index contributed by atoms with van der Waals surface area (Å²) in [4.78, 5) is 26.8. The van der Waals surface area contributed by atoms with E-state index in [1.807, 2.05) is 37.3 Å². The van der Waals surface area contributed by atoms with Crippen LogP contribution in [0.5, 0.6) is 5.75 Å². The van der Waals surface area contributed by atoms with Gasteiger partial charge < -0.3 is 20.7 Å². The van der Waals surface area contributed by atoms with Gasteiger partial charge in [0.1, 0.15) is 17.4 Å². The van der Waals surface area contributed by atoms with Gasteiger partial charge in [-0.3, -0.25) is 4.79 Å². The Bertz CT molecular complexity index is 1360. The number of aryl methyl sites for hydroxylation is 1. The lowest BCUT2D eigenvalue weighted by molar-refractivity contribution is 0.101. The number of amides is 1. The van der Waals surface area contributed by atoms with Gasteiger partial charge in [0.15, 0.2) is 0 Å².